The number of hydrogen-bond donors (Lipinski definition) is 2. The fourth-order valence-corrected chi connectivity index (χ4v) is 2.40. The first kappa shape index (κ1) is 13.2. The molecule has 0 amide bonds. The molecule has 0 saturated heterocycles. The summed E-state index contributed by atoms with van der Waals surface area (Å²) >= 11 is 0. The van der Waals surface area contributed by atoms with Crippen LogP contribution in [0.3, 0.4) is 0 Å². The van der Waals surface area contributed by atoms with Crippen molar-refractivity contribution in [2.75, 3.05) is 0 Å². The number of nitrogens with one attached hydrogen (secondary N) is 1. The zero-order valence-electron chi connectivity index (χ0n) is 11.7. The Morgan fingerprint density at radius 1 is 1.24 bits per heavy atom. The molecular formula is C15H14FN5. The van der Waals surface area contributed by atoms with E-state index >= 15 is 0 Å². The van der Waals surface area contributed by atoms with Crippen LogP contribution in [-0.4, -0.2) is 20.4 Å². The maximum absolute atomic E-state index is 13.0. The number of pyridine rings is 1. The Kier molecular flexibility index (Phi) is 2.94. The highest BCUT2D eigenvalue weighted by Crippen LogP contribution is 2.21. The summed E-state index contributed by atoms with van der Waals surface area (Å²) in [7, 11) is 0. The number of aryl methyl sites for hydroxylation is 2. The first-order chi connectivity index (χ1) is 9.97. The molecule has 2 aromatic heterocycles. The molecule has 21 heavy (non-hydrogen) atoms. The molecule has 0 aliphatic heterocycles. The Labute approximate surface area is 120 Å². The van der Waals surface area contributed by atoms with Gasteiger partial charge < -0.3 is 5.73 Å². The van der Waals surface area contributed by atoms with Crippen molar-refractivity contribution < 1.29 is 4.39 Å². The van der Waals surface area contributed by atoms with Gasteiger partial charge >= 0.3 is 0 Å². The summed E-state index contributed by atoms with van der Waals surface area (Å²) in [5, 5.41) is 12.1. The van der Waals surface area contributed by atoms with Crippen molar-refractivity contribution in [2.24, 2.45) is 5.73 Å². The van der Waals surface area contributed by atoms with Gasteiger partial charge in [0.1, 0.15) is 11.7 Å². The molecule has 0 atom stereocenters. The highest BCUT2D eigenvalue weighted by molar-refractivity contribution is 6.02. The monoisotopic (exact) mass is 283 g/mol. The summed E-state index contributed by atoms with van der Waals surface area (Å²) in [6.07, 6.45) is 0. The SMILES string of the molecule is Cc1cc(C)n2nc(-c3ccc(F)cc3)nc2c1C(=N)N. The highest BCUT2D eigenvalue weighted by atomic mass is 19.1. The van der Waals surface area contributed by atoms with Crippen LogP contribution in [0.4, 0.5) is 4.39 Å². The van der Waals surface area contributed by atoms with Crippen LogP contribution < -0.4 is 5.73 Å². The molecule has 5 nitrogen and oxygen atoms in total. The van der Waals surface area contributed by atoms with E-state index in [9.17, 15) is 4.39 Å². The second-order valence-electron chi connectivity index (χ2n) is 4.94. The van der Waals surface area contributed by atoms with Gasteiger partial charge in [-0.15, -0.1) is 5.10 Å². The maximum atomic E-state index is 13.0. The molecular weight excluding hydrogens is 269 g/mol. The largest absolute Gasteiger partial charge is 0.384 e. The molecule has 0 unspecified atom stereocenters. The minimum atomic E-state index is -0.307. The smallest absolute Gasteiger partial charge is 0.182 e. The van der Waals surface area contributed by atoms with Gasteiger partial charge in [0.05, 0.1) is 5.56 Å². The molecule has 0 saturated carbocycles. The molecule has 1 aromatic carbocycles. The van der Waals surface area contributed by atoms with Crippen LogP contribution in [0.5, 0.6) is 0 Å². The number of hydrogen-bond acceptors (Lipinski definition) is 3. The van der Waals surface area contributed by atoms with Crippen LogP contribution in [0, 0.1) is 25.1 Å². The van der Waals surface area contributed by atoms with Gasteiger partial charge in [0.15, 0.2) is 11.5 Å². The predicted molar refractivity (Wildman–Crippen MR) is 78.9 cm³/mol. The van der Waals surface area contributed by atoms with E-state index in [-0.39, 0.29) is 11.7 Å². The summed E-state index contributed by atoms with van der Waals surface area (Å²) in [5.41, 5.74) is 9.25. The fraction of sp³-hybridized carbons (Fsp3) is 0.133. The minimum Gasteiger partial charge on any atom is -0.384 e. The Hall–Kier alpha value is -2.76. The lowest BCUT2D eigenvalue weighted by Gasteiger charge is -2.07. The molecule has 0 fully saturated rings. The quantitative estimate of drug-likeness (QED) is 0.560. The van der Waals surface area contributed by atoms with E-state index in [1.807, 2.05) is 19.9 Å². The van der Waals surface area contributed by atoms with E-state index in [0.29, 0.717) is 22.6 Å². The summed E-state index contributed by atoms with van der Waals surface area (Å²) in [6.45, 7) is 3.79. The number of nitrogen functional groups attached to an aromatic ring is 1. The molecule has 2 heterocycles. The lowest BCUT2D eigenvalue weighted by atomic mass is 10.1. The van der Waals surface area contributed by atoms with Crippen molar-refractivity contribution in [3.8, 4) is 11.4 Å². The number of rotatable bonds is 2. The lowest BCUT2D eigenvalue weighted by Crippen LogP contribution is -2.15. The number of fused-ring (bicyclic) bond motifs is 1. The molecule has 0 bridgehead atoms. The Morgan fingerprint density at radius 2 is 1.90 bits per heavy atom. The van der Waals surface area contributed by atoms with Crippen LogP contribution in [0.25, 0.3) is 17.0 Å². The molecule has 3 rings (SSSR count). The third-order valence-electron chi connectivity index (χ3n) is 3.36. The van der Waals surface area contributed by atoms with Crippen molar-refractivity contribution >= 4 is 11.5 Å². The van der Waals surface area contributed by atoms with Gasteiger partial charge in [-0.1, -0.05) is 0 Å². The van der Waals surface area contributed by atoms with Crippen molar-refractivity contribution in [1.82, 2.24) is 14.6 Å². The Morgan fingerprint density at radius 3 is 2.52 bits per heavy atom. The summed E-state index contributed by atoms with van der Waals surface area (Å²) in [4.78, 5) is 4.46. The number of nitrogens with two attached hydrogens (primary N) is 1. The second-order valence-corrected chi connectivity index (χ2v) is 4.94. The minimum absolute atomic E-state index is 0.0458. The van der Waals surface area contributed by atoms with Gasteiger partial charge in [0.25, 0.3) is 0 Å². The standard InChI is InChI=1S/C15H14FN5/c1-8-7-9(2)21-15(12(8)13(17)18)19-14(20-21)10-3-5-11(16)6-4-10/h3-7H,1-2H3,(H3,17,18). The number of amidine groups is 1. The summed E-state index contributed by atoms with van der Waals surface area (Å²) in [6, 6.07) is 7.89. The van der Waals surface area contributed by atoms with Gasteiger partial charge in [-0.2, -0.15) is 0 Å². The van der Waals surface area contributed by atoms with E-state index < -0.39 is 0 Å². The molecule has 0 spiro atoms. The first-order valence-electron chi connectivity index (χ1n) is 6.44. The van der Waals surface area contributed by atoms with E-state index in [4.69, 9.17) is 11.1 Å². The van der Waals surface area contributed by atoms with Crippen LogP contribution in [0.2, 0.25) is 0 Å². The Bertz CT molecular complexity index is 849. The van der Waals surface area contributed by atoms with Crippen molar-refractivity contribution in [3.63, 3.8) is 0 Å². The molecule has 0 radical (unpaired) electrons. The lowest BCUT2D eigenvalue weighted by molar-refractivity contribution is 0.628. The number of nitrogens with zero attached hydrogens (tertiary/aromatic N) is 3. The van der Waals surface area contributed by atoms with Gasteiger partial charge in [0, 0.05) is 11.3 Å². The third kappa shape index (κ3) is 2.14. The third-order valence-corrected chi connectivity index (χ3v) is 3.36. The van der Waals surface area contributed by atoms with E-state index in [1.54, 1.807) is 16.6 Å². The second kappa shape index (κ2) is 4.66. The van der Waals surface area contributed by atoms with E-state index in [0.717, 1.165) is 11.3 Å². The average Bonchev–Trinajstić information content (AvgIpc) is 2.84. The van der Waals surface area contributed by atoms with Gasteiger partial charge in [-0.05, 0) is 49.7 Å². The number of aromatic nitrogens is 3. The Balaban J connectivity index is 2.29. The number of halogens is 1. The van der Waals surface area contributed by atoms with E-state index in [2.05, 4.69) is 10.1 Å². The first-order valence-corrected chi connectivity index (χ1v) is 6.44. The molecule has 0 aliphatic carbocycles. The van der Waals surface area contributed by atoms with E-state index in [1.165, 1.54) is 12.1 Å². The van der Waals surface area contributed by atoms with Crippen molar-refractivity contribution in [2.45, 2.75) is 13.8 Å². The zero-order valence-corrected chi connectivity index (χ0v) is 11.7. The predicted octanol–water partition coefficient (Wildman–Crippen LogP) is 2.44. The average molecular weight is 283 g/mol. The van der Waals surface area contributed by atoms with Crippen molar-refractivity contribution in [3.05, 3.63) is 53.0 Å². The van der Waals surface area contributed by atoms with Crippen LogP contribution in [0.15, 0.2) is 30.3 Å². The highest BCUT2D eigenvalue weighted by Gasteiger charge is 2.15. The normalized spacial score (nSPS) is 11.0. The fourth-order valence-electron chi connectivity index (χ4n) is 2.40. The maximum Gasteiger partial charge on any atom is 0.182 e. The molecule has 106 valence electrons. The van der Waals surface area contributed by atoms with Crippen molar-refractivity contribution in [1.29, 1.82) is 5.41 Å². The molecule has 3 aromatic rings. The van der Waals surface area contributed by atoms with Crippen LogP contribution in [0.1, 0.15) is 16.8 Å². The topological polar surface area (TPSA) is 80.1 Å². The van der Waals surface area contributed by atoms with Crippen LogP contribution >= 0.6 is 0 Å². The zero-order chi connectivity index (χ0) is 15.1. The summed E-state index contributed by atoms with van der Waals surface area (Å²) < 4.78 is 14.7. The van der Waals surface area contributed by atoms with Gasteiger partial charge in [0.2, 0.25) is 0 Å². The molecule has 3 N–H and O–H groups in total. The van der Waals surface area contributed by atoms with Gasteiger partial charge in [-0.25, -0.2) is 13.9 Å². The molecule has 6 heteroatoms. The van der Waals surface area contributed by atoms with Gasteiger partial charge in [-0.3, -0.25) is 5.41 Å². The van der Waals surface area contributed by atoms with Crippen LogP contribution in [-0.2, 0) is 0 Å². The number of benzene rings is 1. The summed E-state index contributed by atoms with van der Waals surface area (Å²) in [5.74, 6) is 0.126. The molecule has 0 aliphatic rings.